The van der Waals surface area contributed by atoms with Gasteiger partial charge < -0.3 is 14.5 Å². The number of nitrogens with zero attached hydrogens (tertiary/aromatic N) is 4. The highest BCUT2D eigenvalue weighted by molar-refractivity contribution is 6.04. The van der Waals surface area contributed by atoms with Gasteiger partial charge in [-0.3, -0.25) is 19.6 Å². The van der Waals surface area contributed by atoms with Gasteiger partial charge in [0, 0.05) is 24.8 Å². The fourth-order valence-corrected chi connectivity index (χ4v) is 3.24. The van der Waals surface area contributed by atoms with Gasteiger partial charge in [0.25, 0.3) is 5.91 Å². The van der Waals surface area contributed by atoms with Gasteiger partial charge in [0.05, 0.1) is 24.9 Å². The molecule has 0 radical (unpaired) electrons. The predicted octanol–water partition coefficient (Wildman–Crippen LogP) is -0.180. The topological polar surface area (TPSA) is 98.8 Å². The lowest BCUT2D eigenvalue weighted by atomic mass is 10.0. The molecular weight excluding hydrogens is 314 g/mol. The normalized spacial score (nSPS) is 21.8. The van der Waals surface area contributed by atoms with Crippen LogP contribution in [-0.2, 0) is 14.3 Å². The largest absolute Gasteiger partial charge is 0.377 e. The minimum Gasteiger partial charge on any atom is -0.377 e. The van der Waals surface area contributed by atoms with E-state index in [0.717, 1.165) is 21.9 Å². The minimum absolute atomic E-state index is 0.0125. The van der Waals surface area contributed by atoms with Crippen molar-refractivity contribution in [3.63, 3.8) is 0 Å². The molecule has 9 heteroatoms. The molecule has 1 unspecified atom stereocenters. The van der Waals surface area contributed by atoms with E-state index in [9.17, 15) is 14.4 Å². The average molecular weight is 335 g/mol. The van der Waals surface area contributed by atoms with Crippen molar-refractivity contribution in [2.75, 3.05) is 39.9 Å². The zero-order valence-corrected chi connectivity index (χ0v) is 14.0. The molecule has 0 aromatic carbocycles. The summed E-state index contributed by atoms with van der Waals surface area (Å²) in [7, 11) is 1.54. The van der Waals surface area contributed by atoms with Gasteiger partial charge >= 0.3 is 6.03 Å². The maximum absolute atomic E-state index is 12.8. The van der Waals surface area contributed by atoms with E-state index in [1.807, 2.05) is 13.8 Å². The Balaban J connectivity index is 1.80. The van der Waals surface area contributed by atoms with Crippen LogP contribution in [0.2, 0.25) is 0 Å². The lowest BCUT2D eigenvalue weighted by Crippen LogP contribution is -2.49. The lowest BCUT2D eigenvalue weighted by molar-refractivity contribution is -0.143. The van der Waals surface area contributed by atoms with Crippen molar-refractivity contribution >= 4 is 17.8 Å². The maximum Gasteiger partial charge on any atom is 0.327 e. The van der Waals surface area contributed by atoms with E-state index < -0.39 is 6.03 Å². The van der Waals surface area contributed by atoms with E-state index in [0.29, 0.717) is 19.8 Å². The quantitative estimate of drug-likeness (QED) is 0.773. The van der Waals surface area contributed by atoms with Crippen molar-refractivity contribution in [1.29, 1.82) is 0 Å². The van der Waals surface area contributed by atoms with Gasteiger partial charge in [0.15, 0.2) is 0 Å². The Labute approximate surface area is 139 Å². The molecule has 1 aromatic heterocycles. The zero-order valence-electron chi connectivity index (χ0n) is 14.0. The number of aryl methyl sites for hydroxylation is 2. The number of urea groups is 1. The molecule has 0 saturated carbocycles. The minimum atomic E-state index is -0.436. The van der Waals surface area contributed by atoms with Crippen LogP contribution in [0, 0.1) is 13.8 Å². The Morgan fingerprint density at radius 2 is 2.12 bits per heavy atom. The molecule has 24 heavy (non-hydrogen) atoms. The summed E-state index contributed by atoms with van der Waals surface area (Å²) >= 11 is 0. The standard InChI is InChI=1S/C15H21N5O4/c1-9-14(10(2)17-16-9)11-8-24-5-4-19(11)13(22)7-20-12(21)6-18(3)15(20)23/h11H,4-8H2,1-3H3,(H,16,17). The molecule has 3 heterocycles. The van der Waals surface area contributed by atoms with E-state index in [1.54, 1.807) is 11.9 Å². The number of H-pyrrole nitrogens is 1. The van der Waals surface area contributed by atoms with Crippen LogP contribution < -0.4 is 0 Å². The zero-order chi connectivity index (χ0) is 17.4. The summed E-state index contributed by atoms with van der Waals surface area (Å²) in [5.41, 5.74) is 2.63. The number of morpholine rings is 1. The number of carbonyl (C=O) groups is 3. The van der Waals surface area contributed by atoms with Gasteiger partial charge in [0.1, 0.15) is 13.1 Å². The van der Waals surface area contributed by atoms with Crippen LogP contribution in [0.1, 0.15) is 23.0 Å². The molecule has 0 bridgehead atoms. The van der Waals surface area contributed by atoms with Crippen molar-refractivity contribution in [1.82, 2.24) is 24.9 Å². The summed E-state index contributed by atoms with van der Waals surface area (Å²) in [6.45, 7) is 4.76. The van der Waals surface area contributed by atoms with E-state index in [-0.39, 0.29) is 30.9 Å². The Morgan fingerprint density at radius 3 is 2.71 bits per heavy atom. The molecule has 2 aliphatic heterocycles. The number of nitrogens with one attached hydrogen (secondary N) is 1. The first kappa shape index (κ1) is 16.4. The number of likely N-dealkylation sites (N-methyl/N-ethyl adjacent to an activating group) is 1. The number of aromatic nitrogens is 2. The second-order valence-electron chi connectivity index (χ2n) is 6.14. The van der Waals surface area contributed by atoms with E-state index in [1.165, 1.54) is 4.90 Å². The third-order valence-corrected chi connectivity index (χ3v) is 4.49. The summed E-state index contributed by atoms with van der Waals surface area (Å²) in [5.74, 6) is -0.614. The number of amides is 4. The van der Waals surface area contributed by atoms with Gasteiger partial charge in [-0.15, -0.1) is 0 Å². The number of hydrogen-bond donors (Lipinski definition) is 1. The van der Waals surface area contributed by atoms with E-state index in [2.05, 4.69) is 10.2 Å². The van der Waals surface area contributed by atoms with Gasteiger partial charge in [-0.1, -0.05) is 0 Å². The molecule has 2 aliphatic rings. The van der Waals surface area contributed by atoms with Gasteiger partial charge in [-0.25, -0.2) is 4.79 Å². The molecule has 9 nitrogen and oxygen atoms in total. The highest BCUT2D eigenvalue weighted by atomic mass is 16.5. The van der Waals surface area contributed by atoms with Crippen LogP contribution in [0.25, 0.3) is 0 Å². The van der Waals surface area contributed by atoms with Crippen molar-refractivity contribution in [3.8, 4) is 0 Å². The molecular formula is C15H21N5O4. The van der Waals surface area contributed by atoms with Gasteiger partial charge in [-0.05, 0) is 13.8 Å². The number of carbonyl (C=O) groups excluding carboxylic acids is 3. The number of ether oxygens (including phenoxy) is 1. The third kappa shape index (κ3) is 2.75. The summed E-state index contributed by atoms with van der Waals surface area (Å²) in [6.07, 6.45) is 0. The maximum atomic E-state index is 12.8. The molecule has 2 fully saturated rings. The smallest absolute Gasteiger partial charge is 0.327 e. The van der Waals surface area contributed by atoms with Crippen molar-refractivity contribution in [2.24, 2.45) is 0 Å². The van der Waals surface area contributed by atoms with Crippen molar-refractivity contribution in [2.45, 2.75) is 19.9 Å². The lowest BCUT2D eigenvalue weighted by Gasteiger charge is -2.36. The van der Waals surface area contributed by atoms with Crippen LogP contribution in [-0.4, -0.2) is 82.6 Å². The first-order valence-corrected chi connectivity index (χ1v) is 7.84. The molecule has 3 rings (SSSR count). The summed E-state index contributed by atoms with van der Waals surface area (Å²) < 4.78 is 5.53. The Hall–Kier alpha value is -2.42. The Kier molecular flexibility index (Phi) is 4.27. The predicted molar refractivity (Wildman–Crippen MR) is 83.1 cm³/mol. The first-order chi connectivity index (χ1) is 11.4. The molecule has 0 aliphatic carbocycles. The first-order valence-electron chi connectivity index (χ1n) is 7.84. The highest BCUT2D eigenvalue weighted by Crippen LogP contribution is 2.28. The van der Waals surface area contributed by atoms with Crippen molar-refractivity contribution in [3.05, 3.63) is 17.0 Å². The van der Waals surface area contributed by atoms with Gasteiger partial charge in [0.2, 0.25) is 5.91 Å². The molecule has 2 saturated heterocycles. The second kappa shape index (κ2) is 6.23. The van der Waals surface area contributed by atoms with E-state index >= 15 is 0 Å². The van der Waals surface area contributed by atoms with Crippen LogP contribution in [0.15, 0.2) is 0 Å². The summed E-state index contributed by atoms with van der Waals surface area (Å²) in [4.78, 5) is 40.6. The fourth-order valence-electron chi connectivity index (χ4n) is 3.24. The fraction of sp³-hybridized carbons (Fsp3) is 0.600. The molecule has 4 amide bonds. The Morgan fingerprint density at radius 1 is 1.38 bits per heavy atom. The number of imide groups is 1. The molecule has 1 aromatic rings. The molecule has 0 spiro atoms. The monoisotopic (exact) mass is 335 g/mol. The highest BCUT2D eigenvalue weighted by Gasteiger charge is 2.38. The van der Waals surface area contributed by atoms with Crippen LogP contribution >= 0.6 is 0 Å². The molecule has 1 N–H and O–H groups in total. The van der Waals surface area contributed by atoms with E-state index in [4.69, 9.17) is 4.74 Å². The summed E-state index contributed by atoms with van der Waals surface area (Å²) in [6, 6.07) is -0.704. The van der Waals surface area contributed by atoms with Crippen LogP contribution in [0.5, 0.6) is 0 Å². The molecule has 130 valence electrons. The average Bonchev–Trinajstić information content (AvgIpc) is 3.01. The Bertz CT molecular complexity index is 666. The van der Waals surface area contributed by atoms with Crippen molar-refractivity contribution < 1.29 is 19.1 Å². The third-order valence-electron chi connectivity index (χ3n) is 4.49. The second-order valence-corrected chi connectivity index (χ2v) is 6.14. The summed E-state index contributed by atoms with van der Waals surface area (Å²) in [5, 5.41) is 7.10. The SMILES string of the molecule is Cc1n[nH]c(C)c1C1COCCN1C(=O)CN1C(=O)CN(C)C1=O. The van der Waals surface area contributed by atoms with Crippen LogP contribution in [0.4, 0.5) is 4.79 Å². The number of hydrogen-bond acceptors (Lipinski definition) is 5. The van der Waals surface area contributed by atoms with Gasteiger partial charge in [-0.2, -0.15) is 5.10 Å². The number of aromatic amines is 1. The molecule has 1 atom stereocenters. The number of rotatable bonds is 3. The van der Waals surface area contributed by atoms with Crippen LogP contribution in [0.3, 0.4) is 0 Å².